The zero-order valence-corrected chi connectivity index (χ0v) is 13.2. The van der Waals surface area contributed by atoms with Crippen LogP contribution in [0.5, 0.6) is 0 Å². The lowest BCUT2D eigenvalue weighted by molar-refractivity contribution is -0.921. The normalized spacial score (nSPS) is 11.9. The quantitative estimate of drug-likeness (QED) is 0.712. The van der Waals surface area contributed by atoms with Crippen molar-refractivity contribution >= 4 is 11.6 Å². The van der Waals surface area contributed by atoms with Crippen LogP contribution in [0.2, 0.25) is 0 Å². The number of benzene rings is 2. The predicted molar refractivity (Wildman–Crippen MR) is 81.8 cm³/mol. The first-order valence-electron chi connectivity index (χ1n) is 6.87. The maximum atomic E-state index is 5.97. The number of hydrogen-bond acceptors (Lipinski definition) is 0. The summed E-state index contributed by atoms with van der Waals surface area (Å²) in [5.41, 5.74) is 2.71. The average Bonchev–Trinajstić information content (AvgIpc) is 2.49. The maximum Gasteiger partial charge on any atom is 0.139 e. The minimum absolute atomic E-state index is 0. The summed E-state index contributed by atoms with van der Waals surface area (Å²) in [6.45, 7) is 4.27. The Kier molecular flexibility index (Phi) is 7.68. The molecule has 1 nitrogen and oxygen atoms in total. The van der Waals surface area contributed by atoms with Gasteiger partial charge in [0.05, 0.1) is 19.0 Å². The van der Waals surface area contributed by atoms with Crippen molar-refractivity contribution in [2.24, 2.45) is 0 Å². The number of halogens is 2. The first kappa shape index (κ1) is 17.0. The van der Waals surface area contributed by atoms with Gasteiger partial charge >= 0.3 is 0 Å². The van der Waals surface area contributed by atoms with E-state index in [1.807, 2.05) is 0 Å². The molecule has 0 fully saturated rings. The summed E-state index contributed by atoms with van der Waals surface area (Å²) in [6, 6.07) is 21.8. The van der Waals surface area contributed by atoms with Gasteiger partial charge in [0.25, 0.3) is 0 Å². The van der Waals surface area contributed by atoms with Crippen LogP contribution >= 0.6 is 11.6 Å². The molecule has 0 aliphatic rings. The fourth-order valence-electron chi connectivity index (χ4n) is 2.60. The molecule has 0 heterocycles. The van der Waals surface area contributed by atoms with E-state index < -0.39 is 0 Å². The Hall–Kier alpha value is -1.02. The van der Waals surface area contributed by atoms with Crippen LogP contribution in [0, 0.1) is 0 Å². The molecule has 20 heavy (non-hydrogen) atoms. The topological polar surface area (TPSA) is 4.44 Å². The van der Waals surface area contributed by atoms with Crippen molar-refractivity contribution in [2.45, 2.75) is 13.0 Å². The Morgan fingerprint density at radius 2 is 1.35 bits per heavy atom. The minimum atomic E-state index is 0. The third kappa shape index (κ3) is 4.24. The van der Waals surface area contributed by atoms with Crippen molar-refractivity contribution in [2.75, 3.05) is 19.0 Å². The molecule has 3 heteroatoms. The summed E-state index contributed by atoms with van der Waals surface area (Å²) < 4.78 is 0. The Bertz CT molecular complexity index is 433. The molecule has 0 saturated heterocycles. The van der Waals surface area contributed by atoms with Gasteiger partial charge in [-0.25, -0.2) is 0 Å². The summed E-state index contributed by atoms with van der Waals surface area (Å²) >= 11 is 5.97. The van der Waals surface area contributed by atoms with Crippen LogP contribution in [0.3, 0.4) is 0 Å². The van der Waals surface area contributed by atoms with Crippen LogP contribution in [-0.2, 0) is 0 Å². The summed E-state index contributed by atoms with van der Waals surface area (Å²) in [7, 11) is 0. The first-order chi connectivity index (χ1) is 9.36. The lowest BCUT2D eigenvalue weighted by Crippen LogP contribution is -3.12. The molecule has 2 rings (SSSR count). The van der Waals surface area contributed by atoms with E-state index in [2.05, 4.69) is 67.6 Å². The largest absolute Gasteiger partial charge is 1.00 e. The van der Waals surface area contributed by atoms with Crippen LogP contribution in [0.15, 0.2) is 60.7 Å². The molecule has 0 aliphatic heterocycles. The highest BCUT2D eigenvalue weighted by atomic mass is 35.5. The monoisotopic (exact) mass is 309 g/mol. The van der Waals surface area contributed by atoms with Crippen molar-refractivity contribution in [3.8, 4) is 0 Å². The highest BCUT2D eigenvalue weighted by molar-refractivity contribution is 6.17. The second kappa shape index (κ2) is 9.02. The van der Waals surface area contributed by atoms with Gasteiger partial charge in [0, 0.05) is 11.1 Å². The highest BCUT2D eigenvalue weighted by Gasteiger charge is 2.23. The van der Waals surface area contributed by atoms with Gasteiger partial charge in [0.15, 0.2) is 0 Å². The molecule has 1 atom stereocenters. The van der Waals surface area contributed by atoms with E-state index in [9.17, 15) is 0 Å². The van der Waals surface area contributed by atoms with E-state index in [1.54, 1.807) is 0 Å². The lowest BCUT2D eigenvalue weighted by Gasteiger charge is -2.28. The number of alkyl halides is 1. The Balaban J connectivity index is 0.00000200. The average molecular weight is 310 g/mol. The van der Waals surface area contributed by atoms with E-state index in [0.29, 0.717) is 11.9 Å². The predicted octanol–water partition coefficient (Wildman–Crippen LogP) is -0.0764. The second-order valence-electron chi connectivity index (χ2n) is 4.71. The van der Waals surface area contributed by atoms with Crippen LogP contribution in [0.25, 0.3) is 0 Å². The van der Waals surface area contributed by atoms with Gasteiger partial charge < -0.3 is 17.3 Å². The molecular weight excluding hydrogens is 289 g/mol. The van der Waals surface area contributed by atoms with E-state index in [1.165, 1.54) is 16.0 Å². The molecule has 0 aromatic heterocycles. The Morgan fingerprint density at radius 1 is 0.900 bits per heavy atom. The molecule has 1 N–H and O–H groups in total. The zero-order chi connectivity index (χ0) is 13.5. The molecule has 0 spiro atoms. The molecule has 0 saturated carbocycles. The van der Waals surface area contributed by atoms with Gasteiger partial charge in [-0.15, -0.1) is 11.6 Å². The van der Waals surface area contributed by atoms with E-state index in [4.69, 9.17) is 11.6 Å². The number of quaternary nitrogens is 1. The van der Waals surface area contributed by atoms with Crippen LogP contribution in [0.4, 0.5) is 0 Å². The van der Waals surface area contributed by atoms with Crippen LogP contribution in [0.1, 0.15) is 24.1 Å². The molecule has 0 bridgehead atoms. The minimum Gasteiger partial charge on any atom is -1.00 e. The SMILES string of the molecule is CC[NH+](CCCl)C(c1ccccc1)c1ccccc1.[Cl-]. The molecule has 108 valence electrons. The molecule has 0 amide bonds. The Morgan fingerprint density at radius 3 is 1.70 bits per heavy atom. The third-order valence-electron chi connectivity index (χ3n) is 3.54. The zero-order valence-electron chi connectivity index (χ0n) is 11.7. The number of nitrogens with one attached hydrogen (secondary N) is 1. The standard InChI is InChI=1S/C17H20ClN.ClH/c1-2-19(14-13-18)17(15-9-5-3-6-10-15)16-11-7-4-8-12-16;/h3-12,17H,2,13-14H2,1H3;1H. The van der Waals surface area contributed by atoms with E-state index in [0.717, 1.165) is 13.1 Å². The molecule has 2 aromatic carbocycles. The fourth-order valence-corrected chi connectivity index (χ4v) is 2.84. The smallest absolute Gasteiger partial charge is 0.139 e. The number of hydrogen-bond donors (Lipinski definition) is 1. The van der Waals surface area contributed by atoms with Gasteiger partial charge in [-0.2, -0.15) is 0 Å². The van der Waals surface area contributed by atoms with Gasteiger partial charge in [-0.1, -0.05) is 60.7 Å². The summed E-state index contributed by atoms with van der Waals surface area (Å²) in [5, 5.41) is 0. The third-order valence-corrected chi connectivity index (χ3v) is 3.73. The Labute approximate surface area is 133 Å². The molecule has 0 radical (unpaired) electrons. The highest BCUT2D eigenvalue weighted by Crippen LogP contribution is 2.18. The van der Waals surface area contributed by atoms with Gasteiger partial charge in [-0.3, -0.25) is 0 Å². The van der Waals surface area contributed by atoms with E-state index in [-0.39, 0.29) is 12.4 Å². The van der Waals surface area contributed by atoms with Gasteiger partial charge in [-0.05, 0) is 6.92 Å². The number of rotatable bonds is 6. The lowest BCUT2D eigenvalue weighted by atomic mass is 9.97. The second-order valence-corrected chi connectivity index (χ2v) is 5.08. The van der Waals surface area contributed by atoms with Crippen molar-refractivity contribution in [1.82, 2.24) is 0 Å². The molecule has 1 unspecified atom stereocenters. The molecular formula is C17H21Cl2N. The maximum absolute atomic E-state index is 5.97. The van der Waals surface area contributed by atoms with Gasteiger partial charge in [0.1, 0.15) is 6.04 Å². The van der Waals surface area contributed by atoms with E-state index >= 15 is 0 Å². The molecule has 2 aromatic rings. The first-order valence-corrected chi connectivity index (χ1v) is 7.40. The summed E-state index contributed by atoms with van der Waals surface area (Å²) in [6.07, 6.45) is 0. The molecule has 0 aliphatic carbocycles. The summed E-state index contributed by atoms with van der Waals surface area (Å²) in [5.74, 6) is 0.694. The summed E-state index contributed by atoms with van der Waals surface area (Å²) in [4.78, 5) is 1.51. The van der Waals surface area contributed by atoms with Crippen LogP contribution in [-0.4, -0.2) is 19.0 Å². The van der Waals surface area contributed by atoms with Crippen molar-refractivity contribution in [3.05, 3.63) is 71.8 Å². The van der Waals surface area contributed by atoms with Crippen molar-refractivity contribution in [1.29, 1.82) is 0 Å². The fraction of sp³-hybridized carbons (Fsp3) is 0.294. The van der Waals surface area contributed by atoms with Crippen molar-refractivity contribution in [3.63, 3.8) is 0 Å². The van der Waals surface area contributed by atoms with Gasteiger partial charge in [0.2, 0.25) is 0 Å². The van der Waals surface area contributed by atoms with Crippen LogP contribution < -0.4 is 17.3 Å². The van der Waals surface area contributed by atoms with Crippen molar-refractivity contribution < 1.29 is 17.3 Å².